The van der Waals surface area contributed by atoms with Crippen LogP contribution in [0.4, 0.5) is 0 Å². The van der Waals surface area contributed by atoms with Crippen LogP contribution in [0.3, 0.4) is 0 Å². The molecule has 0 unspecified atom stereocenters. The van der Waals surface area contributed by atoms with E-state index in [-0.39, 0.29) is 4.90 Å². The predicted molar refractivity (Wildman–Crippen MR) is 160 cm³/mol. The van der Waals surface area contributed by atoms with E-state index in [4.69, 9.17) is 11.6 Å². The molecular formula is C30H36ClIO3S. The molecule has 3 aromatic carbocycles. The summed E-state index contributed by atoms with van der Waals surface area (Å²) in [6.07, 6.45) is 13.3. The molecule has 0 aromatic heterocycles. The second-order valence-electron chi connectivity index (χ2n) is 9.34. The summed E-state index contributed by atoms with van der Waals surface area (Å²) in [4.78, 5) is 0.0610. The molecule has 0 fully saturated rings. The van der Waals surface area contributed by atoms with Gasteiger partial charge in [0.05, 0.1) is 9.92 Å². The Bertz CT molecular complexity index is 1240. The summed E-state index contributed by atoms with van der Waals surface area (Å²) in [5.74, 6) is 0. The summed E-state index contributed by atoms with van der Waals surface area (Å²) in [7, 11) is -4.10. The molecule has 6 heteroatoms. The highest BCUT2D eigenvalue weighted by Crippen LogP contribution is 2.50. The molecule has 0 aliphatic heterocycles. The first-order chi connectivity index (χ1) is 17.3. The first-order valence-corrected chi connectivity index (χ1v) is 15.9. The van der Waals surface area contributed by atoms with E-state index in [0.717, 1.165) is 23.4 Å². The van der Waals surface area contributed by atoms with Crippen molar-refractivity contribution >= 4 is 44.3 Å². The van der Waals surface area contributed by atoms with Crippen LogP contribution in [0.5, 0.6) is 0 Å². The predicted octanol–water partition coefficient (Wildman–Crippen LogP) is 9.99. The van der Waals surface area contributed by atoms with Crippen LogP contribution in [0.2, 0.25) is 5.02 Å². The highest BCUT2D eigenvalue weighted by atomic mass is 127. The third-order valence-corrected chi connectivity index (χ3v) is 9.34. The quantitative estimate of drug-likeness (QED) is 0.0955. The lowest BCUT2D eigenvalue weighted by molar-refractivity contribution is 0.481. The second-order valence-corrected chi connectivity index (χ2v) is 12.2. The van der Waals surface area contributed by atoms with Crippen LogP contribution in [0, 0.1) is 3.57 Å². The Hall–Kier alpha value is -1.41. The maximum Gasteiger partial charge on any atom is 0.294 e. The van der Waals surface area contributed by atoms with Crippen molar-refractivity contribution in [2.45, 2.75) is 82.4 Å². The molecule has 0 radical (unpaired) electrons. The molecule has 1 N–H and O–H groups in total. The fourth-order valence-corrected chi connectivity index (χ4v) is 6.35. The van der Waals surface area contributed by atoms with E-state index in [0.29, 0.717) is 6.42 Å². The Morgan fingerprint density at radius 3 is 1.92 bits per heavy atom. The smallest absolute Gasteiger partial charge is 0.282 e. The number of hydrogen-bond donors (Lipinski definition) is 1. The maximum atomic E-state index is 11.3. The minimum atomic E-state index is -4.10. The zero-order chi connectivity index (χ0) is 26.0. The van der Waals surface area contributed by atoms with Crippen molar-refractivity contribution in [3.63, 3.8) is 0 Å². The number of hydrogen-bond acceptors (Lipinski definition) is 2. The summed E-state index contributed by atoms with van der Waals surface area (Å²) in [6.45, 7) is 2.24. The number of benzene rings is 3. The van der Waals surface area contributed by atoms with E-state index in [9.17, 15) is 13.0 Å². The summed E-state index contributed by atoms with van der Waals surface area (Å²) in [5, 5.41) is 0.846. The molecule has 0 bridgehead atoms. The fraction of sp³-hybridized carbons (Fsp3) is 0.400. The van der Waals surface area contributed by atoms with Gasteiger partial charge in [-0.05, 0) is 69.8 Å². The molecular weight excluding hydrogens is 603 g/mol. The van der Waals surface area contributed by atoms with Gasteiger partial charge in [-0.1, -0.05) is 125 Å². The molecule has 36 heavy (non-hydrogen) atoms. The lowest BCUT2D eigenvalue weighted by atomic mass is 9.81. The highest BCUT2D eigenvalue weighted by Gasteiger charge is 2.24. The molecule has 0 amide bonds. The minimum absolute atomic E-state index is 0.0610. The maximum absolute atomic E-state index is 11.3. The van der Waals surface area contributed by atoms with Gasteiger partial charge in [-0.15, -0.1) is 0 Å². The summed E-state index contributed by atoms with van der Waals surface area (Å²) in [5.41, 5.74) is 6.04. The van der Waals surface area contributed by atoms with Crippen molar-refractivity contribution < 1.29 is 13.0 Å². The van der Waals surface area contributed by atoms with Crippen LogP contribution in [-0.2, 0) is 16.5 Å². The van der Waals surface area contributed by atoms with Crippen molar-refractivity contribution in [2.24, 2.45) is 0 Å². The summed E-state index contributed by atoms with van der Waals surface area (Å²) in [6, 6.07) is 19.2. The molecule has 0 saturated heterocycles. The molecule has 4 rings (SSSR count). The normalized spacial score (nSPS) is 11.7. The molecule has 0 saturated carbocycles. The lowest BCUT2D eigenvalue weighted by Gasteiger charge is -2.25. The van der Waals surface area contributed by atoms with Gasteiger partial charge < -0.3 is 0 Å². The number of unbranched alkanes of at least 4 members (excludes halogenated alkanes) is 9. The third kappa shape index (κ3) is 8.04. The van der Waals surface area contributed by atoms with Crippen LogP contribution in [0.15, 0.2) is 65.6 Å². The summed E-state index contributed by atoms with van der Waals surface area (Å²) < 4.78 is 33.0. The standard InChI is InChI=1S/C18H30O3S.C12H6ClI/c1-2-3-4-5-6-7-8-9-10-11-14-17-15-12-13-16-18(17)22(19,20)21;13-10-6-5-9-7-3-1-2-4-8(7)11(9)12(10)14/h12-13,15-16H,2-11,14H2,1H3,(H,19,20,21);1-6H. The first-order valence-electron chi connectivity index (χ1n) is 13.0. The molecule has 3 aromatic rings. The SMILES string of the molecule is CCCCCCCCCCCCc1ccccc1S(=O)(=O)O.Clc1ccc2c(c1I)-c1ccccc1-2. The van der Waals surface area contributed by atoms with Gasteiger partial charge in [-0.3, -0.25) is 4.55 Å². The van der Waals surface area contributed by atoms with E-state index in [1.807, 2.05) is 12.1 Å². The number of halogens is 2. The van der Waals surface area contributed by atoms with Gasteiger partial charge in [0, 0.05) is 9.13 Å². The lowest BCUT2D eigenvalue weighted by Crippen LogP contribution is -2.03. The number of rotatable bonds is 12. The van der Waals surface area contributed by atoms with E-state index >= 15 is 0 Å². The Morgan fingerprint density at radius 2 is 1.28 bits per heavy atom. The van der Waals surface area contributed by atoms with Crippen molar-refractivity contribution in [3.05, 3.63) is 74.8 Å². The molecule has 1 aliphatic rings. The Kier molecular flexibility index (Phi) is 11.7. The zero-order valence-electron chi connectivity index (χ0n) is 21.0. The number of fused-ring (bicyclic) bond motifs is 4. The monoisotopic (exact) mass is 638 g/mol. The molecule has 0 heterocycles. The van der Waals surface area contributed by atoms with Gasteiger partial charge in [0.1, 0.15) is 0 Å². The zero-order valence-corrected chi connectivity index (χ0v) is 24.7. The molecule has 1 aliphatic carbocycles. The second kappa shape index (κ2) is 14.5. The molecule has 0 spiro atoms. The van der Waals surface area contributed by atoms with Gasteiger partial charge in [-0.2, -0.15) is 8.42 Å². The minimum Gasteiger partial charge on any atom is -0.282 e. The van der Waals surface area contributed by atoms with Crippen LogP contribution in [-0.4, -0.2) is 13.0 Å². The van der Waals surface area contributed by atoms with Gasteiger partial charge in [0.25, 0.3) is 10.1 Å². The first kappa shape index (κ1) is 29.2. The van der Waals surface area contributed by atoms with E-state index < -0.39 is 10.1 Å². The van der Waals surface area contributed by atoms with Crippen LogP contribution < -0.4 is 0 Å². The van der Waals surface area contributed by atoms with Crippen molar-refractivity contribution in [1.82, 2.24) is 0 Å². The van der Waals surface area contributed by atoms with Crippen molar-refractivity contribution in [2.75, 3.05) is 0 Å². The van der Waals surface area contributed by atoms with Crippen LogP contribution in [0.1, 0.15) is 76.7 Å². The van der Waals surface area contributed by atoms with Gasteiger partial charge in [0.2, 0.25) is 0 Å². The Morgan fingerprint density at radius 1 is 0.722 bits per heavy atom. The summed E-state index contributed by atoms with van der Waals surface area (Å²) >= 11 is 8.39. The average molecular weight is 639 g/mol. The fourth-order valence-electron chi connectivity index (χ4n) is 4.68. The highest BCUT2D eigenvalue weighted by molar-refractivity contribution is 14.1. The Balaban J connectivity index is 0.000000218. The van der Waals surface area contributed by atoms with Gasteiger partial charge in [0.15, 0.2) is 0 Å². The average Bonchev–Trinajstić information content (AvgIpc) is 2.85. The Labute approximate surface area is 235 Å². The van der Waals surface area contributed by atoms with E-state index in [2.05, 4.69) is 59.8 Å². The van der Waals surface area contributed by atoms with Gasteiger partial charge >= 0.3 is 0 Å². The largest absolute Gasteiger partial charge is 0.294 e. The molecule has 0 atom stereocenters. The topological polar surface area (TPSA) is 54.4 Å². The number of aryl methyl sites for hydroxylation is 1. The third-order valence-electron chi connectivity index (χ3n) is 6.63. The molecule has 194 valence electrons. The molecule has 3 nitrogen and oxygen atoms in total. The van der Waals surface area contributed by atoms with Gasteiger partial charge in [-0.25, -0.2) is 0 Å². The van der Waals surface area contributed by atoms with Crippen molar-refractivity contribution in [1.29, 1.82) is 0 Å². The van der Waals surface area contributed by atoms with E-state index in [1.165, 1.54) is 83.3 Å². The van der Waals surface area contributed by atoms with E-state index in [1.54, 1.807) is 12.1 Å². The van der Waals surface area contributed by atoms with Crippen LogP contribution >= 0.6 is 34.2 Å². The van der Waals surface area contributed by atoms with Crippen molar-refractivity contribution in [3.8, 4) is 22.3 Å². The van der Waals surface area contributed by atoms with Crippen LogP contribution in [0.25, 0.3) is 22.3 Å².